The molecule has 1 unspecified atom stereocenters. The van der Waals surface area contributed by atoms with Crippen LogP contribution in [0, 0.1) is 0 Å². The van der Waals surface area contributed by atoms with E-state index >= 15 is 0 Å². The van der Waals surface area contributed by atoms with Gasteiger partial charge in [-0.3, -0.25) is 9.13 Å². The Kier molecular flexibility index (Phi) is 19.8. The first-order valence-corrected chi connectivity index (χ1v) is 48.6. The van der Waals surface area contributed by atoms with Gasteiger partial charge in [-0.15, -0.1) is 0 Å². The highest BCUT2D eigenvalue weighted by Crippen LogP contribution is 2.53. The van der Waals surface area contributed by atoms with E-state index in [1.165, 1.54) is 132 Å². The van der Waals surface area contributed by atoms with Crippen LogP contribution in [0.3, 0.4) is 0 Å². The zero-order chi connectivity index (χ0) is 94.0. The van der Waals surface area contributed by atoms with E-state index in [-0.39, 0.29) is 11.3 Å². The van der Waals surface area contributed by atoms with Crippen molar-refractivity contribution < 1.29 is 4.42 Å². The molecule has 9 nitrogen and oxygen atoms in total. The van der Waals surface area contributed by atoms with Gasteiger partial charge in [-0.05, 0) is 208 Å². The molecule has 9 heteroatoms. The lowest BCUT2D eigenvalue weighted by atomic mass is 9.82. The van der Waals surface area contributed by atoms with Crippen molar-refractivity contribution in [2.45, 2.75) is 25.2 Å². The number of hydrogen-bond donors (Lipinski definition) is 0. The van der Waals surface area contributed by atoms with Crippen LogP contribution in [0.4, 0.5) is 0 Å². The summed E-state index contributed by atoms with van der Waals surface area (Å²) in [5.41, 5.74) is 37.2. The van der Waals surface area contributed by atoms with Gasteiger partial charge < -0.3 is 8.98 Å². The number of benzene rings is 21. The van der Waals surface area contributed by atoms with Crippen molar-refractivity contribution in [1.29, 1.82) is 0 Å². The lowest BCUT2D eigenvalue weighted by molar-refractivity contribution is 0.660. The second kappa shape index (κ2) is 34.0. The maximum Gasteiger partial charge on any atom is 0.238 e. The fourth-order valence-corrected chi connectivity index (χ4v) is 22.4. The van der Waals surface area contributed by atoms with Crippen LogP contribution in [0.1, 0.15) is 47.6 Å². The first kappa shape index (κ1) is 82.9. The topological polar surface area (TPSA) is 92.4 Å². The minimum atomic E-state index is -0.0232. The molecular formula is C133H88N8O. The Labute approximate surface area is 820 Å². The largest absolute Gasteiger partial charge is 0.456 e. The first-order chi connectivity index (χ1) is 70.2. The molecular weight excluding hydrogens is 1730 g/mol. The molecule has 0 saturated heterocycles. The molecule has 21 aromatic carbocycles. The molecule has 0 bridgehead atoms. The van der Waals surface area contributed by atoms with E-state index in [2.05, 4.69) is 434 Å². The number of para-hydroxylation sites is 3. The number of rotatable bonds is 12. The Morgan fingerprint density at radius 3 is 1.29 bits per heavy atom. The molecule has 0 amide bonds. The Morgan fingerprint density at radius 2 is 0.627 bits per heavy atom. The third-order valence-corrected chi connectivity index (χ3v) is 29.2. The van der Waals surface area contributed by atoms with Crippen LogP contribution in [0.15, 0.2) is 496 Å². The average molecular weight is 1810 g/mol. The normalized spacial score (nSPS) is 12.8. The SMILES string of the molecule is CC1(C)c2ccccc2-c2cc(-c3ccc4c(c3)c3cc5ccccc5cc3n4-c3nc(-c4ccccc4)nc(-c4ccccc4)n3)ccc21.c1ccc(-c2cc(-c3ccccc3)nc(-n3c4ccccc4c4ccc(-c5ccc6c(c5)oc5ccccc56)cc43)n2)cc1.c1ccc(-c2ccc(-n3c4ccccc4c4cc(-c5ccc6c(c5)-c5ccccc5C6c5ccccc5)ccc43)c3ccccc23)cc1. The number of hydrogen-bond acceptors (Lipinski definition) is 6. The Morgan fingerprint density at radius 1 is 0.211 bits per heavy atom. The monoisotopic (exact) mass is 1810 g/mol. The maximum atomic E-state index is 6.23. The van der Waals surface area contributed by atoms with Crippen molar-refractivity contribution >= 4 is 109 Å². The lowest BCUT2D eigenvalue weighted by Crippen LogP contribution is -2.14. The Hall–Kier alpha value is -18.6. The van der Waals surface area contributed by atoms with Crippen LogP contribution in [0.25, 0.3) is 239 Å². The van der Waals surface area contributed by atoms with Crippen LogP contribution in [-0.2, 0) is 5.41 Å². The summed E-state index contributed by atoms with van der Waals surface area (Å²) in [5, 5.41) is 14.3. The molecule has 0 aliphatic heterocycles. The Bertz CT molecular complexity index is 9590. The Balaban J connectivity index is 0.000000107. The van der Waals surface area contributed by atoms with Gasteiger partial charge in [0, 0.05) is 82.1 Å². The molecule has 0 radical (unpaired) electrons. The van der Waals surface area contributed by atoms with Gasteiger partial charge in [0.1, 0.15) is 11.2 Å². The van der Waals surface area contributed by atoms with E-state index in [1.807, 2.05) is 84.9 Å². The summed E-state index contributed by atoms with van der Waals surface area (Å²) in [6.45, 7) is 4.66. The van der Waals surface area contributed by atoms with Gasteiger partial charge in [0.15, 0.2) is 11.6 Å². The van der Waals surface area contributed by atoms with Crippen LogP contribution >= 0.6 is 0 Å². The molecule has 666 valence electrons. The molecule has 6 aromatic heterocycles. The van der Waals surface area contributed by atoms with Crippen molar-refractivity contribution in [3.63, 3.8) is 0 Å². The molecule has 0 spiro atoms. The van der Waals surface area contributed by atoms with Crippen molar-refractivity contribution in [3.8, 4) is 130 Å². The van der Waals surface area contributed by atoms with Gasteiger partial charge in [-0.2, -0.15) is 9.97 Å². The molecule has 1 atom stereocenters. The molecule has 2 aliphatic rings. The molecule has 6 heterocycles. The van der Waals surface area contributed by atoms with Gasteiger partial charge in [-0.25, -0.2) is 15.0 Å². The van der Waals surface area contributed by atoms with Crippen molar-refractivity contribution in [2.75, 3.05) is 0 Å². The summed E-state index contributed by atoms with van der Waals surface area (Å²) < 4.78 is 13.1. The maximum absolute atomic E-state index is 6.23. The zero-order valence-electron chi connectivity index (χ0n) is 77.8. The summed E-state index contributed by atoms with van der Waals surface area (Å²) in [6, 6.07) is 175. The molecule has 27 aromatic rings. The van der Waals surface area contributed by atoms with Gasteiger partial charge >= 0.3 is 0 Å². The highest BCUT2D eigenvalue weighted by molar-refractivity contribution is 6.17. The number of aromatic nitrogens is 8. The number of furan rings is 1. The molecule has 29 rings (SSSR count). The van der Waals surface area contributed by atoms with E-state index in [9.17, 15) is 0 Å². The summed E-state index contributed by atoms with van der Waals surface area (Å²) in [7, 11) is 0. The highest BCUT2D eigenvalue weighted by Gasteiger charge is 2.36. The van der Waals surface area contributed by atoms with Crippen LogP contribution in [0.5, 0.6) is 0 Å². The fraction of sp³-hybridized carbons (Fsp3) is 0.0301. The third-order valence-electron chi connectivity index (χ3n) is 29.2. The minimum absolute atomic E-state index is 0.0232. The van der Waals surface area contributed by atoms with E-state index in [1.54, 1.807) is 0 Å². The summed E-state index contributed by atoms with van der Waals surface area (Å²) >= 11 is 0. The van der Waals surface area contributed by atoms with Gasteiger partial charge in [0.2, 0.25) is 11.9 Å². The first-order valence-electron chi connectivity index (χ1n) is 48.6. The predicted octanol–water partition coefficient (Wildman–Crippen LogP) is 34.3. The quantitative estimate of drug-likeness (QED) is 0.121. The van der Waals surface area contributed by atoms with E-state index in [0.717, 1.165) is 110 Å². The fourth-order valence-electron chi connectivity index (χ4n) is 22.4. The summed E-state index contributed by atoms with van der Waals surface area (Å²) in [6.07, 6.45) is 0. The van der Waals surface area contributed by atoms with Gasteiger partial charge in [0.05, 0.1) is 50.2 Å². The van der Waals surface area contributed by atoms with Crippen LogP contribution < -0.4 is 0 Å². The molecule has 0 N–H and O–H groups in total. The van der Waals surface area contributed by atoms with Crippen LogP contribution in [-0.4, -0.2) is 38.6 Å². The van der Waals surface area contributed by atoms with Crippen LogP contribution in [0.2, 0.25) is 0 Å². The third kappa shape index (κ3) is 14.1. The molecule has 2 aliphatic carbocycles. The predicted molar refractivity (Wildman–Crippen MR) is 587 cm³/mol. The second-order valence-corrected chi connectivity index (χ2v) is 37.7. The molecule has 0 saturated carbocycles. The molecule has 0 fully saturated rings. The average Bonchev–Trinajstić information content (AvgIpc) is 1.32. The smallest absolute Gasteiger partial charge is 0.238 e. The zero-order valence-corrected chi connectivity index (χ0v) is 77.8. The lowest BCUT2D eigenvalue weighted by Gasteiger charge is -2.21. The summed E-state index contributed by atoms with van der Waals surface area (Å²) in [4.78, 5) is 25.6. The van der Waals surface area contributed by atoms with Crippen molar-refractivity contribution in [2.24, 2.45) is 0 Å². The minimum Gasteiger partial charge on any atom is -0.456 e. The second-order valence-electron chi connectivity index (χ2n) is 37.7. The van der Waals surface area contributed by atoms with Gasteiger partial charge in [-0.1, -0.05) is 408 Å². The molecule has 142 heavy (non-hydrogen) atoms. The van der Waals surface area contributed by atoms with E-state index < -0.39 is 0 Å². The van der Waals surface area contributed by atoms with Gasteiger partial charge in [0.25, 0.3) is 0 Å². The highest BCUT2D eigenvalue weighted by atomic mass is 16.3. The summed E-state index contributed by atoms with van der Waals surface area (Å²) in [5.74, 6) is 2.78. The van der Waals surface area contributed by atoms with Crippen molar-refractivity contribution in [3.05, 3.63) is 519 Å². The van der Waals surface area contributed by atoms with E-state index in [4.69, 9.17) is 29.3 Å². The van der Waals surface area contributed by atoms with E-state index in [0.29, 0.717) is 23.5 Å². The standard InChI is InChI=1S/C47H31N.C46H32N4.C40H25N3O/c1-3-13-31(14-4-1)35-26-28-45(38-19-9-7-17-36(35)38)48-44-22-12-11-20-39(44)43-30-34(24-27-46(43)48)33-23-25-41-42(29-33)37-18-8-10-21-40(37)47(41)32-15-5-2-6-16-32;1-46(2)39-20-12-11-19-35(39)36-25-33(21-23-40(36)46)34-22-24-41-37(27-34)38-26-31-17-9-10-18-32(31)28-42(38)50(41)45-48-43(29-13-5-3-6-14-29)47-44(49-45)30-15-7-4-8-16-30;1-3-11-26(12-4-1)34-25-35(27-13-5-2-6-14-27)42-40(41-34)43-36-17-9-7-15-30(36)31-21-19-28(23-37(31)43)29-20-22-33-32-16-8-10-18-38(32)44-39(33)24-29/h1-30,47H;3-28H,1-2H3;1-25H. The number of fused-ring (bicyclic) bond motifs is 20. The van der Waals surface area contributed by atoms with Crippen molar-refractivity contribution in [1.82, 2.24) is 38.6 Å². The number of nitrogens with zero attached hydrogens (tertiary/aromatic N) is 8.